The Hall–Kier alpha value is -1.32. The van der Waals surface area contributed by atoms with Crippen molar-refractivity contribution in [3.63, 3.8) is 0 Å². The number of aryl methyl sites for hydroxylation is 2. The van der Waals surface area contributed by atoms with Crippen LogP contribution < -0.4 is 0 Å². The zero-order valence-corrected chi connectivity index (χ0v) is 11.4. The van der Waals surface area contributed by atoms with Gasteiger partial charge in [0.2, 0.25) is 5.91 Å². The van der Waals surface area contributed by atoms with E-state index in [1.54, 1.807) is 4.90 Å². The summed E-state index contributed by atoms with van der Waals surface area (Å²) in [7, 11) is 1.83. The summed E-state index contributed by atoms with van der Waals surface area (Å²) < 4.78 is 5.09. The van der Waals surface area contributed by atoms with Gasteiger partial charge in [-0.1, -0.05) is 19.0 Å². The molecule has 0 aliphatic carbocycles. The summed E-state index contributed by atoms with van der Waals surface area (Å²) in [4.78, 5) is 13.6. The van der Waals surface area contributed by atoms with Gasteiger partial charge in [0.15, 0.2) is 0 Å². The molecule has 0 aliphatic rings. The first-order chi connectivity index (χ1) is 7.91. The van der Waals surface area contributed by atoms with Crippen molar-refractivity contribution in [2.24, 2.45) is 5.92 Å². The van der Waals surface area contributed by atoms with E-state index >= 15 is 0 Å². The maximum Gasteiger partial charge on any atom is 0.222 e. The number of rotatable bonds is 5. The topological polar surface area (TPSA) is 46.3 Å². The van der Waals surface area contributed by atoms with E-state index in [1.807, 2.05) is 20.9 Å². The minimum Gasteiger partial charge on any atom is -0.361 e. The summed E-state index contributed by atoms with van der Waals surface area (Å²) in [5.41, 5.74) is 1.89. The van der Waals surface area contributed by atoms with Crippen molar-refractivity contribution in [1.82, 2.24) is 10.1 Å². The molecule has 0 aromatic carbocycles. The molecule has 17 heavy (non-hydrogen) atoms. The molecule has 0 bridgehead atoms. The van der Waals surface area contributed by atoms with Crippen LogP contribution in [0.15, 0.2) is 4.52 Å². The molecule has 0 fully saturated rings. The van der Waals surface area contributed by atoms with Gasteiger partial charge in [-0.3, -0.25) is 4.79 Å². The number of carbonyl (C=O) groups is 1. The maximum atomic E-state index is 11.9. The number of nitrogens with zero attached hydrogens (tertiary/aromatic N) is 2. The largest absolute Gasteiger partial charge is 0.361 e. The van der Waals surface area contributed by atoms with E-state index in [0.29, 0.717) is 18.9 Å². The Morgan fingerprint density at radius 2 is 2.06 bits per heavy atom. The van der Waals surface area contributed by atoms with E-state index in [2.05, 4.69) is 19.0 Å². The first-order valence-electron chi connectivity index (χ1n) is 6.07. The third-order valence-electron chi connectivity index (χ3n) is 2.94. The minimum atomic E-state index is 0.179. The summed E-state index contributed by atoms with van der Waals surface area (Å²) in [6.45, 7) is 8.61. The van der Waals surface area contributed by atoms with Crippen LogP contribution in [0.3, 0.4) is 0 Å². The molecule has 0 N–H and O–H groups in total. The fourth-order valence-electron chi connectivity index (χ4n) is 1.66. The van der Waals surface area contributed by atoms with Gasteiger partial charge in [-0.15, -0.1) is 0 Å². The first-order valence-corrected chi connectivity index (χ1v) is 6.07. The first kappa shape index (κ1) is 13.7. The van der Waals surface area contributed by atoms with Gasteiger partial charge in [-0.2, -0.15) is 0 Å². The Bertz CT molecular complexity index is 363. The van der Waals surface area contributed by atoms with Crippen LogP contribution in [-0.2, 0) is 11.3 Å². The van der Waals surface area contributed by atoms with Gasteiger partial charge >= 0.3 is 0 Å². The summed E-state index contributed by atoms with van der Waals surface area (Å²) >= 11 is 0. The predicted molar refractivity (Wildman–Crippen MR) is 66.5 cm³/mol. The van der Waals surface area contributed by atoms with Crippen LogP contribution in [0.5, 0.6) is 0 Å². The monoisotopic (exact) mass is 238 g/mol. The third-order valence-corrected chi connectivity index (χ3v) is 2.94. The summed E-state index contributed by atoms with van der Waals surface area (Å²) in [6.07, 6.45) is 1.54. The van der Waals surface area contributed by atoms with Crippen LogP contribution in [0.25, 0.3) is 0 Å². The highest BCUT2D eigenvalue weighted by Gasteiger charge is 2.15. The smallest absolute Gasteiger partial charge is 0.222 e. The molecule has 1 heterocycles. The molecule has 0 saturated carbocycles. The van der Waals surface area contributed by atoms with E-state index in [0.717, 1.165) is 23.4 Å². The molecule has 0 atom stereocenters. The van der Waals surface area contributed by atoms with Crippen LogP contribution in [0.1, 0.15) is 43.7 Å². The van der Waals surface area contributed by atoms with E-state index in [1.165, 1.54) is 0 Å². The van der Waals surface area contributed by atoms with Crippen molar-refractivity contribution >= 4 is 5.91 Å². The predicted octanol–water partition coefficient (Wildman–Crippen LogP) is 2.69. The highest BCUT2D eigenvalue weighted by Crippen LogP contribution is 2.15. The van der Waals surface area contributed by atoms with Crippen LogP contribution in [-0.4, -0.2) is 23.0 Å². The molecule has 0 spiro atoms. The Labute approximate surface area is 103 Å². The van der Waals surface area contributed by atoms with Crippen molar-refractivity contribution in [3.8, 4) is 0 Å². The van der Waals surface area contributed by atoms with E-state index < -0.39 is 0 Å². The Balaban J connectivity index is 2.54. The van der Waals surface area contributed by atoms with Gasteiger partial charge in [0.1, 0.15) is 5.76 Å². The summed E-state index contributed by atoms with van der Waals surface area (Å²) in [6, 6.07) is 0. The molecule has 0 radical (unpaired) electrons. The van der Waals surface area contributed by atoms with Crippen LogP contribution >= 0.6 is 0 Å². The number of aromatic nitrogens is 1. The second-order valence-electron chi connectivity index (χ2n) is 4.99. The van der Waals surface area contributed by atoms with Crippen LogP contribution in [0.4, 0.5) is 0 Å². The quantitative estimate of drug-likeness (QED) is 0.792. The fourth-order valence-corrected chi connectivity index (χ4v) is 1.66. The number of hydrogen-bond donors (Lipinski definition) is 0. The van der Waals surface area contributed by atoms with Gasteiger partial charge in [-0.25, -0.2) is 0 Å². The second-order valence-corrected chi connectivity index (χ2v) is 4.99. The zero-order chi connectivity index (χ0) is 13.0. The van der Waals surface area contributed by atoms with Gasteiger partial charge in [-0.05, 0) is 26.2 Å². The maximum absolute atomic E-state index is 11.9. The van der Waals surface area contributed by atoms with Gasteiger partial charge in [0, 0.05) is 19.0 Å². The molecule has 1 aromatic heterocycles. The van der Waals surface area contributed by atoms with Crippen LogP contribution in [0.2, 0.25) is 0 Å². The number of hydrogen-bond acceptors (Lipinski definition) is 3. The fraction of sp³-hybridized carbons (Fsp3) is 0.692. The van der Waals surface area contributed by atoms with Crippen molar-refractivity contribution in [3.05, 3.63) is 17.0 Å². The molecule has 4 nitrogen and oxygen atoms in total. The number of amides is 1. The van der Waals surface area contributed by atoms with Crippen molar-refractivity contribution in [2.45, 2.75) is 47.1 Å². The molecular weight excluding hydrogens is 216 g/mol. The molecular formula is C13H22N2O2. The minimum absolute atomic E-state index is 0.179. The highest BCUT2D eigenvalue weighted by molar-refractivity contribution is 5.75. The zero-order valence-electron chi connectivity index (χ0n) is 11.4. The second kappa shape index (κ2) is 5.84. The Morgan fingerprint density at radius 1 is 1.41 bits per heavy atom. The average molecular weight is 238 g/mol. The average Bonchev–Trinajstić information content (AvgIpc) is 2.57. The Kier molecular flexibility index (Phi) is 4.73. The normalized spacial score (nSPS) is 10.9. The Morgan fingerprint density at radius 3 is 2.53 bits per heavy atom. The molecule has 1 rings (SSSR count). The molecule has 0 aliphatic heterocycles. The molecule has 1 aromatic rings. The van der Waals surface area contributed by atoms with Gasteiger partial charge in [0.05, 0.1) is 12.2 Å². The van der Waals surface area contributed by atoms with E-state index in [9.17, 15) is 4.79 Å². The van der Waals surface area contributed by atoms with Gasteiger partial charge in [0.25, 0.3) is 0 Å². The lowest BCUT2D eigenvalue weighted by atomic mass is 10.1. The third kappa shape index (κ3) is 3.88. The van der Waals surface area contributed by atoms with Crippen molar-refractivity contribution in [2.75, 3.05) is 7.05 Å². The lowest BCUT2D eigenvalue weighted by molar-refractivity contribution is -0.130. The lowest BCUT2D eigenvalue weighted by Gasteiger charge is -2.17. The summed E-state index contributed by atoms with van der Waals surface area (Å²) in [5.74, 6) is 1.54. The molecule has 96 valence electrons. The number of carbonyl (C=O) groups excluding carboxylic acids is 1. The lowest BCUT2D eigenvalue weighted by Crippen LogP contribution is -2.26. The van der Waals surface area contributed by atoms with E-state index in [-0.39, 0.29) is 5.91 Å². The highest BCUT2D eigenvalue weighted by atomic mass is 16.5. The summed E-state index contributed by atoms with van der Waals surface area (Å²) in [5, 5.41) is 3.89. The van der Waals surface area contributed by atoms with Crippen molar-refractivity contribution in [1.29, 1.82) is 0 Å². The SMILES string of the molecule is Cc1noc(C)c1CN(C)C(=O)CCC(C)C. The molecule has 4 heteroatoms. The van der Waals surface area contributed by atoms with E-state index in [4.69, 9.17) is 4.52 Å². The molecule has 0 saturated heterocycles. The standard InChI is InChI=1S/C13H22N2O2/c1-9(2)6-7-13(16)15(5)8-12-10(3)14-17-11(12)4/h9H,6-8H2,1-5H3. The molecule has 0 unspecified atom stereocenters. The van der Waals surface area contributed by atoms with Crippen molar-refractivity contribution < 1.29 is 9.32 Å². The molecule has 1 amide bonds. The van der Waals surface area contributed by atoms with Crippen LogP contribution in [0, 0.1) is 19.8 Å². The van der Waals surface area contributed by atoms with Gasteiger partial charge < -0.3 is 9.42 Å².